The van der Waals surface area contributed by atoms with E-state index < -0.39 is 0 Å². The van der Waals surface area contributed by atoms with Crippen molar-refractivity contribution in [3.8, 4) is 6.07 Å². The minimum absolute atomic E-state index is 0.0760. The molecular weight excluding hydrogens is 214 g/mol. The van der Waals surface area contributed by atoms with Crippen LogP contribution in [0.3, 0.4) is 0 Å². The highest BCUT2D eigenvalue weighted by atomic mass is 16.2. The van der Waals surface area contributed by atoms with Crippen LogP contribution in [0.4, 0.5) is 5.69 Å². The summed E-state index contributed by atoms with van der Waals surface area (Å²) in [6.07, 6.45) is 0.853. The maximum absolute atomic E-state index is 11.9. The molecule has 0 N–H and O–H groups in total. The van der Waals surface area contributed by atoms with Gasteiger partial charge in [-0.15, -0.1) is 0 Å². The van der Waals surface area contributed by atoms with Crippen LogP contribution in [-0.2, 0) is 4.79 Å². The van der Waals surface area contributed by atoms with Gasteiger partial charge in [0.05, 0.1) is 11.6 Å². The summed E-state index contributed by atoms with van der Waals surface area (Å²) in [5, 5.41) is 8.73. The normalized spacial score (nSPS) is 19.2. The molecule has 0 bridgehead atoms. The van der Waals surface area contributed by atoms with Crippen molar-refractivity contribution in [2.24, 2.45) is 0 Å². The number of likely N-dealkylation sites (tertiary alicyclic amines) is 1. The second-order valence-electron chi connectivity index (χ2n) is 4.33. The van der Waals surface area contributed by atoms with Crippen LogP contribution >= 0.6 is 0 Å². The highest BCUT2D eigenvalue weighted by Gasteiger charge is 2.32. The predicted octanol–water partition coefficient (Wildman–Crippen LogP) is 1.23. The predicted molar refractivity (Wildman–Crippen MR) is 65.6 cm³/mol. The van der Waals surface area contributed by atoms with E-state index in [4.69, 9.17) is 5.26 Å². The lowest BCUT2D eigenvalue weighted by Gasteiger charge is -2.25. The third-order valence-electron chi connectivity index (χ3n) is 3.27. The fourth-order valence-corrected chi connectivity index (χ4v) is 2.11. The zero-order chi connectivity index (χ0) is 12.4. The van der Waals surface area contributed by atoms with E-state index in [1.54, 1.807) is 17.0 Å². The second-order valence-corrected chi connectivity index (χ2v) is 4.33. The van der Waals surface area contributed by atoms with Gasteiger partial charge in [0, 0.05) is 26.3 Å². The first-order chi connectivity index (χ1) is 8.13. The topological polar surface area (TPSA) is 47.3 Å². The minimum Gasteiger partial charge on any atom is -0.363 e. The van der Waals surface area contributed by atoms with Crippen LogP contribution < -0.4 is 4.90 Å². The summed E-state index contributed by atoms with van der Waals surface area (Å²) in [7, 11) is 3.75. The van der Waals surface area contributed by atoms with Crippen molar-refractivity contribution in [2.75, 3.05) is 25.5 Å². The Balaban J connectivity index is 2.17. The molecule has 4 heteroatoms. The molecule has 1 aromatic rings. The first-order valence-electron chi connectivity index (χ1n) is 5.61. The van der Waals surface area contributed by atoms with E-state index in [1.807, 2.05) is 31.1 Å². The van der Waals surface area contributed by atoms with Gasteiger partial charge in [-0.25, -0.2) is 0 Å². The molecule has 0 aliphatic carbocycles. The van der Waals surface area contributed by atoms with Crippen molar-refractivity contribution in [3.05, 3.63) is 29.8 Å². The third-order valence-corrected chi connectivity index (χ3v) is 3.27. The summed E-state index contributed by atoms with van der Waals surface area (Å²) >= 11 is 0. The third kappa shape index (κ3) is 2.09. The molecule has 1 aliphatic rings. The molecular formula is C13H15N3O. The fraction of sp³-hybridized carbons (Fsp3) is 0.385. The summed E-state index contributed by atoms with van der Waals surface area (Å²) in [6.45, 7) is 0.810. The molecule has 4 nitrogen and oxygen atoms in total. The van der Waals surface area contributed by atoms with Gasteiger partial charge in [0.1, 0.15) is 6.04 Å². The molecule has 1 fully saturated rings. The van der Waals surface area contributed by atoms with Gasteiger partial charge in [-0.2, -0.15) is 5.26 Å². The van der Waals surface area contributed by atoms with Crippen LogP contribution in [0.25, 0.3) is 0 Å². The Labute approximate surface area is 101 Å². The van der Waals surface area contributed by atoms with E-state index in [0.29, 0.717) is 5.56 Å². The number of nitriles is 1. The fourth-order valence-electron chi connectivity index (χ4n) is 2.11. The Kier molecular flexibility index (Phi) is 3.01. The van der Waals surface area contributed by atoms with E-state index in [9.17, 15) is 4.79 Å². The number of carbonyl (C=O) groups excluding carboxylic acids is 1. The van der Waals surface area contributed by atoms with Crippen LogP contribution in [0, 0.1) is 11.3 Å². The molecule has 88 valence electrons. The number of benzene rings is 1. The molecule has 0 saturated carbocycles. The van der Waals surface area contributed by atoms with E-state index in [-0.39, 0.29) is 11.9 Å². The van der Waals surface area contributed by atoms with Gasteiger partial charge >= 0.3 is 0 Å². The molecule has 1 heterocycles. The van der Waals surface area contributed by atoms with Crippen molar-refractivity contribution in [1.82, 2.24) is 4.90 Å². The largest absolute Gasteiger partial charge is 0.363 e. The van der Waals surface area contributed by atoms with Crippen LogP contribution in [0.2, 0.25) is 0 Å². The van der Waals surface area contributed by atoms with Crippen LogP contribution in [0.1, 0.15) is 12.0 Å². The van der Waals surface area contributed by atoms with Crippen molar-refractivity contribution in [3.63, 3.8) is 0 Å². The Morgan fingerprint density at radius 2 is 2.06 bits per heavy atom. The van der Waals surface area contributed by atoms with Crippen molar-refractivity contribution >= 4 is 11.6 Å². The number of carbonyl (C=O) groups is 1. The standard InChI is InChI=1S/C13H15N3O/c1-15-8-7-12(13(15)17)16(2)11-5-3-10(9-14)4-6-11/h3-6,12H,7-8H2,1-2H3. The lowest BCUT2D eigenvalue weighted by molar-refractivity contribution is -0.127. The Hall–Kier alpha value is -2.02. The Morgan fingerprint density at radius 1 is 1.41 bits per heavy atom. The van der Waals surface area contributed by atoms with Crippen molar-refractivity contribution in [2.45, 2.75) is 12.5 Å². The number of nitrogens with zero attached hydrogens (tertiary/aromatic N) is 3. The molecule has 1 saturated heterocycles. The first kappa shape index (κ1) is 11.5. The number of likely N-dealkylation sites (N-methyl/N-ethyl adjacent to an activating group) is 2. The van der Waals surface area contributed by atoms with Gasteiger partial charge in [-0.1, -0.05) is 0 Å². The van der Waals surface area contributed by atoms with Gasteiger partial charge in [0.25, 0.3) is 0 Å². The minimum atomic E-state index is -0.0760. The average molecular weight is 229 g/mol. The molecule has 2 rings (SSSR count). The first-order valence-corrected chi connectivity index (χ1v) is 5.61. The maximum atomic E-state index is 11.9. The van der Waals surface area contributed by atoms with E-state index in [2.05, 4.69) is 6.07 Å². The van der Waals surface area contributed by atoms with Crippen LogP contribution in [0.15, 0.2) is 24.3 Å². The summed E-state index contributed by atoms with van der Waals surface area (Å²) < 4.78 is 0. The summed E-state index contributed by atoms with van der Waals surface area (Å²) in [6, 6.07) is 9.31. The highest BCUT2D eigenvalue weighted by molar-refractivity contribution is 5.87. The number of rotatable bonds is 2. The van der Waals surface area contributed by atoms with E-state index in [1.165, 1.54) is 0 Å². The average Bonchev–Trinajstić information content (AvgIpc) is 2.69. The second kappa shape index (κ2) is 4.46. The number of amides is 1. The monoisotopic (exact) mass is 229 g/mol. The summed E-state index contributed by atoms with van der Waals surface area (Å²) in [5.74, 6) is 0.164. The molecule has 1 aliphatic heterocycles. The lowest BCUT2D eigenvalue weighted by atomic mass is 10.1. The molecule has 0 aromatic heterocycles. The smallest absolute Gasteiger partial charge is 0.245 e. The molecule has 0 spiro atoms. The van der Waals surface area contributed by atoms with Crippen molar-refractivity contribution < 1.29 is 4.79 Å². The molecule has 1 atom stereocenters. The van der Waals surface area contributed by atoms with Gasteiger partial charge in [-0.3, -0.25) is 4.79 Å². The molecule has 1 unspecified atom stereocenters. The van der Waals surface area contributed by atoms with Gasteiger partial charge in [-0.05, 0) is 30.7 Å². The zero-order valence-corrected chi connectivity index (χ0v) is 10.1. The molecule has 1 aromatic carbocycles. The van der Waals surface area contributed by atoms with E-state index >= 15 is 0 Å². The van der Waals surface area contributed by atoms with Crippen LogP contribution in [0.5, 0.6) is 0 Å². The van der Waals surface area contributed by atoms with Gasteiger partial charge in [0.2, 0.25) is 5.91 Å². The molecule has 1 amide bonds. The van der Waals surface area contributed by atoms with Gasteiger partial charge in [0.15, 0.2) is 0 Å². The summed E-state index contributed by atoms with van der Waals surface area (Å²) in [5.41, 5.74) is 1.61. The zero-order valence-electron chi connectivity index (χ0n) is 10.1. The SMILES string of the molecule is CN1CCC(N(C)c2ccc(C#N)cc2)C1=O. The number of anilines is 1. The van der Waals surface area contributed by atoms with E-state index in [0.717, 1.165) is 18.7 Å². The Bertz CT molecular complexity index is 461. The quantitative estimate of drug-likeness (QED) is 0.766. The van der Waals surface area contributed by atoms with Gasteiger partial charge < -0.3 is 9.80 Å². The molecule has 0 radical (unpaired) electrons. The summed E-state index contributed by atoms with van der Waals surface area (Å²) in [4.78, 5) is 15.6. The number of hydrogen-bond donors (Lipinski definition) is 0. The Morgan fingerprint density at radius 3 is 2.53 bits per heavy atom. The highest BCUT2D eigenvalue weighted by Crippen LogP contribution is 2.21. The lowest BCUT2D eigenvalue weighted by Crippen LogP contribution is -2.38. The van der Waals surface area contributed by atoms with Crippen LogP contribution in [-0.4, -0.2) is 37.5 Å². The number of hydrogen-bond acceptors (Lipinski definition) is 3. The molecule has 17 heavy (non-hydrogen) atoms. The maximum Gasteiger partial charge on any atom is 0.245 e. The van der Waals surface area contributed by atoms with Crippen molar-refractivity contribution in [1.29, 1.82) is 5.26 Å².